The molecule has 0 bridgehead atoms. The lowest BCUT2D eigenvalue weighted by Crippen LogP contribution is -2.49. The molecular formula is C52H92O4Si3. The molecule has 4 aliphatic rings. The Balaban J connectivity index is 1.60. The smallest absolute Gasteiger partial charge is 0.192 e. The van der Waals surface area contributed by atoms with Crippen LogP contribution in [0.5, 0.6) is 0 Å². The highest BCUT2D eigenvalue weighted by molar-refractivity contribution is 6.75. The molecule has 4 nitrogen and oxygen atoms in total. The van der Waals surface area contributed by atoms with Crippen molar-refractivity contribution in [3.8, 4) is 0 Å². The van der Waals surface area contributed by atoms with Crippen LogP contribution in [-0.2, 0) is 18.1 Å². The number of rotatable bonds is 16. The van der Waals surface area contributed by atoms with Gasteiger partial charge < -0.3 is 13.3 Å². The van der Waals surface area contributed by atoms with Crippen LogP contribution in [0.3, 0.4) is 0 Å². The quantitative estimate of drug-likeness (QED) is 0.0881. The van der Waals surface area contributed by atoms with E-state index in [0.717, 1.165) is 38.5 Å². The Kier molecular flexibility index (Phi) is 15.9. The maximum Gasteiger partial charge on any atom is 0.192 e. The molecule has 7 atom stereocenters. The summed E-state index contributed by atoms with van der Waals surface area (Å²) < 4.78 is 21.6. The lowest BCUT2D eigenvalue weighted by Gasteiger charge is -2.45. The first-order chi connectivity index (χ1) is 26.9. The highest BCUT2D eigenvalue weighted by Gasteiger charge is 2.53. The Morgan fingerprint density at radius 2 is 1.44 bits per heavy atom. The highest BCUT2D eigenvalue weighted by Crippen LogP contribution is 2.60. The Morgan fingerprint density at radius 1 is 0.847 bits per heavy atom. The van der Waals surface area contributed by atoms with Crippen LogP contribution >= 0.6 is 0 Å². The van der Waals surface area contributed by atoms with Gasteiger partial charge in [0.2, 0.25) is 0 Å². The van der Waals surface area contributed by atoms with Crippen molar-refractivity contribution in [3.63, 3.8) is 0 Å². The Hall–Kier alpha value is -1.10. The molecule has 59 heavy (non-hydrogen) atoms. The van der Waals surface area contributed by atoms with E-state index in [9.17, 15) is 4.79 Å². The molecule has 0 amide bonds. The first-order valence-corrected chi connectivity index (χ1v) is 32.6. The van der Waals surface area contributed by atoms with E-state index in [1.165, 1.54) is 43.3 Å². The standard InChI is InChI=1S/C52H92O4Si3/c1-20-21-24-42(53)31-33-52(34-35-52)47(56-59(18,19)50(10,11)12)30-25-38(2)44-28-29-45-40(23-22-32-51(44,45)13)26-27-41-36-43(54-57(14,15)48(4,5)6)37-46(39(41)3)55-58(16,17)49(7,8)9/h25-27,30-31,33,38,43-47H,3,20-24,28-29,32,34-37H2,1-2,4-19H3/b30-25+,33-31+,40-26+,41-27-/t38-,43-,44-,45+,46+,47-,51-/m1/s1. The molecule has 0 N–H and O–H groups in total. The zero-order valence-corrected chi connectivity index (χ0v) is 44.8. The van der Waals surface area contributed by atoms with E-state index in [0.29, 0.717) is 24.2 Å². The van der Waals surface area contributed by atoms with Crippen molar-refractivity contribution in [2.24, 2.45) is 28.6 Å². The molecule has 0 aromatic heterocycles. The second-order valence-electron chi connectivity index (χ2n) is 24.5. The number of fused-ring (bicyclic) bond motifs is 1. The number of hydrogen-bond donors (Lipinski definition) is 0. The molecule has 0 radical (unpaired) electrons. The molecule has 0 heterocycles. The first-order valence-electron chi connectivity index (χ1n) is 23.9. The van der Waals surface area contributed by atoms with Gasteiger partial charge in [0, 0.05) is 18.3 Å². The Labute approximate surface area is 368 Å². The summed E-state index contributed by atoms with van der Waals surface area (Å²) in [6.45, 7) is 47.3. The molecule has 0 unspecified atom stereocenters. The predicted molar refractivity (Wildman–Crippen MR) is 263 cm³/mol. The summed E-state index contributed by atoms with van der Waals surface area (Å²) in [5.74, 6) is 1.95. The average Bonchev–Trinajstić information content (AvgIpc) is 3.80. The van der Waals surface area contributed by atoms with Crippen LogP contribution in [0.2, 0.25) is 54.4 Å². The van der Waals surface area contributed by atoms with Crippen LogP contribution in [0.15, 0.2) is 59.8 Å². The van der Waals surface area contributed by atoms with Crippen molar-refractivity contribution in [1.29, 1.82) is 0 Å². The van der Waals surface area contributed by atoms with Crippen LogP contribution in [0.25, 0.3) is 0 Å². The fraction of sp³-hybridized carbons (Fsp3) is 0.788. The van der Waals surface area contributed by atoms with E-state index in [-0.39, 0.29) is 50.0 Å². The van der Waals surface area contributed by atoms with Crippen molar-refractivity contribution >= 4 is 30.7 Å². The van der Waals surface area contributed by atoms with E-state index < -0.39 is 25.0 Å². The molecule has 4 saturated carbocycles. The third-order valence-electron chi connectivity index (χ3n) is 17.0. The van der Waals surface area contributed by atoms with E-state index in [2.05, 4.69) is 153 Å². The van der Waals surface area contributed by atoms with Crippen molar-refractivity contribution < 1.29 is 18.1 Å². The zero-order chi connectivity index (χ0) is 44.6. The average molecular weight is 866 g/mol. The fourth-order valence-corrected chi connectivity index (χ4v) is 13.5. The minimum atomic E-state index is -2.05. The molecular weight excluding hydrogens is 773 g/mol. The van der Waals surface area contributed by atoms with Crippen molar-refractivity contribution in [2.45, 2.75) is 233 Å². The van der Waals surface area contributed by atoms with Crippen LogP contribution < -0.4 is 0 Å². The number of carbonyl (C=O) groups excluding carboxylic acids is 1. The highest BCUT2D eigenvalue weighted by atomic mass is 28.4. The summed E-state index contributed by atoms with van der Waals surface area (Å²) in [4.78, 5) is 12.8. The van der Waals surface area contributed by atoms with E-state index in [1.807, 2.05) is 6.08 Å². The van der Waals surface area contributed by atoms with Crippen LogP contribution in [0.1, 0.15) is 160 Å². The summed E-state index contributed by atoms with van der Waals surface area (Å²) >= 11 is 0. The third-order valence-corrected chi connectivity index (χ3v) is 30.5. The molecule has 0 spiro atoms. The fourth-order valence-electron chi connectivity index (χ4n) is 9.54. The molecule has 0 aromatic carbocycles. The number of hydrogen-bond acceptors (Lipinski definition) is 4. The second kappa shape index (κ2) is 18.6. The molecule has 4 fully saturated rings. The lowest BCUT2D eigenvalue weighted by atomic mass is 9.61. The minimum Gasteiger partial charge on any atom is -0.413 e. The number of allylic oxidation sites excluding steroid dienone is 5. The number of unbranched alkanes of at least 4 members (excludes halogenated alkanes) is 1. The summed E-state index contributed by atoms with van der Waals surface area (Å²) in [5.41, 5.74) is 4.36. The van der Waals surface area contributed by atoms with Crippen molar-refractivity contribution in [3.05, 3.63) is 59.8 Å². The van der Waals surface area contributed by atoms with Gasteiger partial charge in [-0.25, -0.2) is 0 Å². The van der Waals surface area contributed by atoms with Gasteiger partial charge in [0.25, 0.3) is 0 Å². The van der Waals surface area contributed by atoms with Crippen LogP contribution in [0, 0.1) is 28.6 Å². The maximum atomic E-state index is 12.8. The predicted octanol–water partition coefficient (Wildman–Crippen LogP) is 15.9. The topological polar surface area (TPSA) is 44.8 Å². The Bertz CT molecular complexity index is 1600. The Morgan fingerprint density at radius 3 is 2.00 bits per heavy atom. The van der Waals surface area contributed by atoms with Gasteiger partial charge in [0.15, 0.2) is 30.7 Å². The van der Waals surface area contributed by atoms with Gasteiger partial charge in [0.05, 0.1) is 18.3 Å². The lowest BCUT2D eigenvalue weighted by molar-refractivity contribution is -0.114. The van der Waals surface area contributed by atoms with Crippen LogP contribution in [-0.4, -0.2) is 49.0 Å². The van der Waals surface area contributed by atoms with E-state index in [4.69, 9.17) is 19.9 Å². The molecule has 0 aliphatic heterocycles. The molecule has 0 aromatic rings. The van der Waals surface area contributed by atoms with Crippen LogP contribution in [0.4, 0.5) is 0 Å². The molecule has 336 valence electrons. The molecule has 7 heteroatoms. The zero-order valence-electron chi connectivity index (χ0n) is 41.8. The first kappa shape index (κ1) is 50.5. The second-order valence-corrected chi connectivity index (χ2v) is 38.8. The third kappa shape index (κ3) is 11.9. The summed E-state index contributed by atoms with van der Waals surface area (Å²) in [6.07, 6.45) is 27.2. The largest absolute Gasteiger partial charge is 0.413 e. The molecule has 0 saturated heterocycles. The van der Waals surface area contributed by atoms with Gasteiger partial charge in [-0.2, -0.15) is 0 Å². The number of ketones is 1. The summed E-state index contributed by atoms with van der Waals surface area (Å²) in [5, 5.41) is 0.410. The van der Waals surface area contributed by atoms with Gasteiger partial charge in [-0.1, -0.05) is 132 Å². The van der Waals surface area contributed by atoms with Gasteiger partial charge in [0.1, 0.15) is 0 Å². The van der Waals surface area contributed by atoms with Gasteiger partial charge in [-0.3, -0.25) is 4.79 Å². The SMILES string of the molecule is C=C1/C(=C\C=C2/CCC[C@]3(C)[C@@H]([C@H](C)/C=C/[C@@H](O[Si](C)(C)C(C)(C)C)C4(/C=C/C(=O)CCCC)CC4)CC[C@@H]23)C[C@@H](O[Si](C)(C)C(C)(C)C)C[C@@H]1O[Si](C)(C)C(C)(C)C. The van der Waals surface area contributed by atoms with Gasteiger partial charge >= 0.3 is 0 Å². The molecule has 4 rings (SSSR count). The van der Waals surface area contributed by atoms with E-state index >= 15 is 0 Å². The van der Waals surface area contributed by atoms with Gasteiger partial charge in [-0.15, -0.1) is 0 Å². The monoisotopic (exact) mass is 865 g/mol. The van der Waals surface area contributed by atoms with Crippen molar-refractivity contribution in [1.82, 2.24) is 0 Å². The van der Waals surface area contributed by atoms with E-state index in [1.54, 1.807) is 5.57 Å². The summed E-state index contributed by atoms with van der Waals surface area (Å²) in [7, 11) is -6.04. The van der Waals surface area contributed by atoms with Gasteiger partial charge in [-0.05, 0) is 153 Å². The number of carbonyl (C=O) groups is 1. The normalized spacial score (nSPS) is 29.8. The summed E-state index contributed by atoms with van der Waals surface area (Å²) in [6, 6.07) is 0. The molecule has 4 aliphatic carbocycles. The minimum absolute atomic E-state index is 0.000407. The maximum absolute atomic E-state index is 12.8. The van der Waals surface area contributed by atoms with Crippen molar-refractivity contribution in [2.75, 3.05) is 0 Å².